The van der Waals surface area contributed by atoms with Gasteiger partial charge in [0.1, 0.15) is 5.60 Å². The minimum Gasteiger partial charge on any atom is -0.444 e. The second-order valence-corrected chi connectivity index (χ2v) is 6.51. The Morgan fingerprint density at radius 1 is 1.24 bits per heavy atom. The van der Waals surface area contributed by atoms with Crippen molar-refractivity contribution in [3.8, 4) is 0 Å². The van der Waals surface area contributed by atoms with Crippen molar-refractivity contribution >= 4 is 12.2 Å². The van der Waals surface area contributed by atoms with Crippen molar-refractivity contribution in [2.45, 2.75) is 51.7 Å². The van der Waals surface area contributed by atoms with Crippen molar-refractivity contribution in [3.63, 3.8) is 0 Å². The summed E-state index contributed by atoms with van der Waals surface area (Å²) in [5.41, 5.74) is 0.717. The minimum atomic E-state index is -0.442. The predicted molar refractivity (Wildman–Crippen MR) is 86.1 cm³/mol. The lowest BCUT2D eigenvalue weighted by Gasteiger charge is -2.35. The first-order valence-corrected chi connectivity index (χ1v) is 7.68. The Morgan fingerprint density at radius 3 is 2.62 bits per heavy atom. The van der Waals surface area contributed by atoms with Crippen LogP contribution in [-0.2, 0) is 4.74 Å². The molecule has 2 rings (SSSR count). The Morgan fingerprint density at radius 2 is 1.95 bits per heavy atom. The highest BCUT2D eigenvalue weighted by molar-refractivity contribution is 5.69. The number of benzene rings is 1. The molecule has 1 atom stereocenters. The van der Waals surface area contributed by atoms with Crippen LogP contribution in [0, 0.1) is 0 Å². The van der Waals surface area contributed by atoms with Gasteiger partial charge in [-0.15, -0.1) is 0 Å². The van der Waals surface area contributed by atoms with Gasteiger partial charge in [-0.3, -0.25) is 0 Å². The molecule has 0 aliphatic carbocycles. The molecule has 1 heterocycles. The number of hydrogen-bond donors (Lipinski definition) is 0. The number of rotatable bonds is 2. The van der Waals surface area contributed by atoms with E-state index in [1.165, 1.54) is 0 Å². The molecule has 0 N–H and O–H groups in total. The number of piperidine rings is 1. The second-order valence-electron chi connectivity index (χ2n) is 6.51. The van der Waals surface area contributed by atoms with Crippen molar-refractivity contribution in [2.75, 3.05) is 6.54 Å². The molecule has 0 bridgehead atoms. The zero-order valence-corrected chi connectivity index (χ0v) is 13.2. The summed E-state index contributed by atoms with van der Waals surface area (Å²) in [4.78, 5) is 14.2. The molecule has 1 aliphatic rings. The number of likely N-dealkylation sites (tertiary alicyclic amines) is 1. The summed E-state index contributed by atoms with van der Waals surface area (Å²) in [6.45, 7) is 6.50. The lowest BCUT2D eigenvalue weighted by atomic mass is 10.0. The topological polar surface area (TPSA) is 29.5 Å². The molecule has 0 unspecified atom stereocenters. The first kappa shape index (κ1) is 15.6. The van der Waals surface area contributed by atoms with Gasteiger partial charge < -0.3 is 9.64 Å². The molecule has 21 heavy (non-hydrogen) atoms. The molecule has 3 heteroatoms. The van der Waals surface area contributed by atoms with Crippen molar-refractivity contribution in [1.29, 1.82) is 0 Å². The van der Waals surface area contributed by atoms with Crippen molar-refractivity contribution in [2.24, 2.45) is 0 Å². The van der Waals surface area contributed by atoms with Gasteiger partial charge in [-0.2, -0.15) is 0 Å². The standard InChI is InChI=1S/C18H25NO2/c1-18(2,3)21-17(20)19-14-8-7-11-16(19)13-12-15-9-5-4-6-10-15/h4-6,9-10,12-13,16H,7-8,11,14H2,1-3H3/b13-12+/t16-/m0/s1. The van der Waals surface area contributed by atoms with E-state index in [1.54, 1.807) is 0 Å². The third kappa shape index (κ3) is 4.92. The predicted octanol–water partition coefficient (Wildman–Crippen LogP) is 4.49. The van der Waals surface area contributed by atoms with Crippen LogP contribution in [0.4, 0.5) is 4.79 Å². The van der Waals surface area contributed by atoms with Crippen LogP contribution in [0.1, 0.15) is 45.6 Å². The summed E-state index contributed by atoms with van der Waals surface area (Å²) >= 11 is 0. The van der Waals surface area contributed by atoms with Crippen LogP contribution in [0.3, 0.4) is 0 Å². The molecular weight excluding hydrogens is 262 g/mol. The van der Waals surface area contributed by atoms with E-state index in [4.69, 9.17) is 4.74 Å². The number of amides is 1. The number of hydrogen-bond acceptors (Lipinski definition) is 2. The molecule has 1 saturated heterocycles. The third-order valence-corrected chi connectivity index (χ3v) is 3.49. The van der Waals surface area contributed by atoms with Crippen LogP contribution in [0.5, 0.6) is 0 Å². The van der Waals surface area contributed by atoms with Gasteiger partial charge in [0.2, 0.25) is 0 Å². The van der Waals surface area contributed by atoms with Gasteiger partial charge in [-0.25, -0.2) is 4.79 Å². The lowest BCUT2D eigenvalue weighted by Crippen LogP contribution is -2.45. The normalized spacial score (nSPS) is 19.8. The van der Waals surface area contributed by atoms with E-state index >= 15 is 0 Å². The molecule has 0 radical (unpaired) electrons. The Hall–Kier alpha value is -1.77. The first-order valence-electron chi connectivity index (χ1n) is 7.68. The highest BCUT2D eigenvalue weighted by Gasteiger charge is 2.28. The summed E-state index contributed by atoms with van der Waals surface area (Å²) in [6.07, 6.45) is 7.22. The second kappa shape index (κ2) is 6.79. The Balaban J connectivity index is 2.05. The maximum absolute atomic E-state index is 12.3. The SMILES string of the molecule is CC(C)(C)OC(=O)N1CCCC[C@H]1/C=C/c1ccccc1. The highest BCUT2D eigenvalue weighted by Crippen LogP contribution is 2.22. The van der Waals surface area contributed by atoms with Gasteiger partial charge in [-0.1, -0.05) is 42.5 Å². The molecule has 3 nitrogen and oxygen atoms in total. The molecule has 1 amide bonds. The number of nitrogens with zero attached hydrogens (tertiary/aromatic N) is 1. The van der Waals surface area contributed by atoms with Gasteiger partial charge in [0, 0.05) is 6.54 Å². The minimum absolute atomic E-state index is 0.133. The van der Waals surface area contributed by atoms with E-state index in [0.29, 0.717) is 0 Å². The highest BCUT2D eigenvalue weighted by atomic mass is 16.6. The summed E-state index contributed by atoms with van der Waals surface area (Å²) in [5, 5.41) is 0. The van der Waals surface area contributed by atoms with Crippen molar-refractivity contribution in [1.82, 2.24) is 4.90 Å². The Kier molecular flexibility index (Phi) is 5.05. The lowest BCUT2D eigenvalue weighted by molar-refractivity contribution is 0.0150. The van der Waals surface area contributed by atoms with Gasteiger partial charge in [0.05, 0.1) is 6.04 Å². The zero-order chi connectivity index (χ0) is 15.3. The van der Waals surface area contributed by atoms with Crippen LogP contribution in [-0.4, -0.2) is 29.2 Å². The first-order chi connectivity index (χ1) is 9.96. The van der Waals surface area contributed by atoms with Crippen molar-refractivity contribution < 1.29 is 9.53 Å². The molecular formula is C18H25NO2. The third-order valence-electron chi connectivity index (χ3n) is 3.49. The maximum atomic E-state index is 12.3. The molecule has 1 aromatic carbocycles. The van der Waals surface area contributed by atoms with Crippen LogP contribution in [0.25, 0.3) is 6.08 Å². The fraction of sp³-hybridized carbons (Fsp3) is 0.500. The Bertz CT molecular complexity index is 488. The van der Waals surface area contributed by atoms with Crippen LogP contribution in [0.15, 0.2) is 36.4 Å². The summed E-state index contributed by atoms with van der Waals surface area (Å²) in [6, 6.07) is 10.3. The van der Waals surface area contributed by atoms with Crippen molar-refractivity contribution in [3.05, 3.63) is 42.0 Å². The van der Waals surface area contributed by atoms with Crippen LogP contribution < -0.4 is 0 Å². The molecule has 114 valence electrons. The van der Waals surface area contributed by atoms with E-state index < -0.39 is 5.60 Å². The number of carbonyl (C=O) groups is 1. The molecule has 0 saturated carbocycles. The van der Waals surface area contributed by atoms with E-state index in [0.717, 1.165) is 31.4 Å². The Labute approximate surface area is 127 Å². The average Bonchev–Trinajstić information content (AvgIpc) is 2.45. The smallest absolute Gasteiger partial charge is 0.410 e. The zero-order valence-electron chi connectivity index (χ0n) is 13.2. The number of carbonyl (C=O) groups excluding carboxylic acids is 1. The van der Waals surface area contributed by atoms with E-state index in [-0.39, 0.29) is 12.1 Å². The van der Waals surface area contributed by atoms with Gasteiger partial charge in [-0.05, 0) is 45.6 Å². The number of ether oxygens (including phenoxy) is 1. The molecule has 0 spiro atoms. The van der Waals surface area contributed by atoms with Gasteiger partial charge >= 0.3 is 6.09 Å². The largest absolute Gasteiger partial charge is 0.444 e. The summed E-state index contributed by atoms with van der Waals surface area (Å²) in [5.74, 6) is 0. The van der Waals surface area contributed by atoms with Crippen LogP contribution in [0.2, 0.25) is 0 Å². The molecule has 1 fully saturated rings. The van der Waals surface area contributed by atoms with Gasteiger partial charge in [0.25, 0.3) is 0 Å². The summed E-state index contributed by atoms with van der Waals surface area (Å²) in [7, 11) is 0. The average molecular weight is 287 g/mol. The monoisotopic (exact) mass is 287 g/mol. The quantitative estimate of drug-likeness (QED) is 0.802. The fourth-order valence-corrected chi connectivity index (χ4v) is 2.49. The van der Waals surface area contributed by atoms with E-state index in [1.807, 2.05) is 43.9 Å². The summed E-state index contributed by atoms with van der Waals surface area (Å²) < 4.78 is 5.51. The van der Waals surface area contributed by atoms with E-state index in [9.17, 15) is 4.79 Å². The molecule has 0 aromatic heterocycles. The van der Waals surface area contributed by atoms with Gasteiger partial charge in [0.15, 0.2) is 0 Å². The fourth-order valence-electron chi connectivity index (χ4n) is 2.49. The van der Waals surface area contributed by atoms with E-state index in [2.05, 4.69) is 24.3 Å². The molecule has 1 aliphatic heterocycles. The molecule has 1 aromatic rings. The maximum Gasteiger partial charge on any atom is 0.410 e. The van der Waals surface area contributed by atoms with Crippen LogP contribution >= 0.6 is 0 Å².